The first-order valence-electron chi connectivity index (χ1n) is 6.01. The Morgan fingerprint density at radius 2 is 2.26 bits per heavy atom. The molecule has 100 valence electrons. The lowest BCUT2D eigenvalue weighted by molar-refractivity contribution is -0.125. The van der Waals surface area contributed by atoms with Crippen molar-refractivity contribution in [1.82, 2.24) is 14.7 Å². The zero-order chi connectivity index (χ0) is 13.7. The molecule has 1 aliphatic rings. The quantitative estimate of drug-likeness (QED) is 0.885. The monoisotopic (exact) mass is 297 g/mol. The predicted octanol–water partition coefficient (Wildman–Crippen LogP) is 2.53. The number of halogens is 2. The standard InChI is InChI=1S/C13H13Cl2N3O/c1-12(8-13(12,14)15)11(19)16-6-9-7-18-5-3-2-4-10(18)17-9/h2-5,7H,6,8H2,1H3,(H,16,19)/t12-/m1/s1. The van der Waals surface area contributed by atoms with Crippen LogP contribution in [0.1, 0.15) is 19.0 Å². The van der Waals surface area contributed by atoms with E-state index in [1.807, 2.05) is 35.0 Å². The van der Waals surface area contributed by atoms with E-state index in [4.69, 9.17) is 23.2 Å². The molecule has 1 atom stereocenters. The second kappa shape index (κ2) is 4.12. The fourth-order valence-corrected chi connectivity index (χ4v) is 2.79. The number of rotatable bonds is 3. The van der Waals surface area contributed by atoms with E-state index in [9.17, 15) is 4.79 Å². The fraction of sp³-hybridized carbons (Fsp3) is 0.385. The second-order valence-electron chi connectivity index (χ2n) is 5.09. The Kier molecular flexibility index (Phi) is 2.76. The van der Waals surface area contributed by atoms with Crippen LogP contribution in [0, 0.1) is 5.41 Å². The van der Waals surface area contributed by atoms with Gasteiger partial charge in [-0.1, -0.05) is 6.07 Å². The minimum absolute atomic E-state index is 0.130. The van der Waals surface area contributed by atoms with Crippen molar-refractivity contribution in [2.45, 2.75) is 24.2 Å². The van der Waals surface area contributed by atoms with Crippen LogP contribution in [0.25, 0.3) is 5.65 Å². The number of hydrogen-bond donors (Lipinski definition) is 1. The van der Waals surface area contributed by atoms with Gasteiger partial charge in [-0.25, -0.2) is 4.98 Å². The van der Waals surface area contributed by atoms with Crippen LogP contribution in [-0.2, 0) is 11.3 Å². The molecule has 19 heavy (non-hydrogen) atoms. The van der Waals surface area contributed by atoms with E-state index in [0.717, 1.165) is 11.3 Å². The molecule has 6 heteroatoms. The Bertz CT molecular complexity index is 619. The van der Waals surface area contributed by atoms with Crippen molar-refractivity contribution in [2.24, 2.45) is 5.41 Å². The zero-order valence-corrected chi connectivity index (χ0v) is 11.9. The van der Waals surface area contributed by atoms with Crippen molar-refractivity contribution in [3.8, 4) is 0 Å². The molecule has 4 nitrogen and oxygen atoms in total. The number of carbonyl (C=O) groups is 1. The maximum absolute atomic E-state index is 12.0. The molecule has 0 unspecified atom stereocenters. The summed E-state index contributed by atoms with van der Waals surface area (Å²) in [5, 5.41) is 2.83. The Balaban J connectivity index is 1.68. The molecule has 0 spiro atoms. The number of pyridine rings is 1. The molecule has 1 amide bonds. The number of nitrogens with one attached hydrogen (secondary N) is 1. The van der Waals surface area contributed by atoms with E-state index in [2.05, 4.69) is 10.3 Å². The van der Waals surface area contributed by atoms with Crippen LogP contribution in [-0.4, -0.2) is 19.6 Å². The number of amides is 1. The van der Waals surface area contributed by atoms with Gasteiger partial charge in [0.1, 0.15) is 9.98 Å². The smallest absolute Gasteiger partial charge is 0.229 e. The lowest BCUT2D eigenvalue weighted by Gasteiger charge is -2.11. The van der Waals surface area contributed by atoms with Crippen LogP contribution in [0.3, 0.4) is 0 Å². The van der Waals surface area contributed by atoms with Crippen LogP contribution < -0.4 is 5.32 Å². The Hall–Kier alpha value is -1.26. The summed E-state index contributed by atoms with van der Waals surface area (Å²) < 4.78 is 0.976. The van der Waals surface area contributed by atoms with E-state index in [1.54, 1.807) is 6.92 Å². The van der Waals surface area contributed by atoms with E-state index >= 15 is 0 Å². The molecule has 1 saturated carbocycles. The summed E-state index contributed by atoms with van der Waals surface area (Å²) >= 11 is 11.9. The molecule has 2 heterocycles. The summed E-state index contributed by atoms with van der Waals surface area (Å²) in [5.41, 5.74) is 0.974. The summed E-state index contributed by atoms with van der Waals surface area (Å²) in [6, 6.07) is 5.76. The van der Waals surface area contributed by atoms with Crippen molar-refractivity contribution < 1.29 is 4.79 Å². The highest BCUT2D eigenvalue weighted by Gasteiger charge is 2.67. The molecule has 0 aliphatic heterocycles. The normalized spacial score (nSPS) is 24.4. The third-order valence-electron chi connectivity index (χ3n) is 3.60. The van der Waals surface area contributed by atoms with Crippen LogP contribution in [0.4, 0.5) is 0 Å². The fourth-order valence-electron chi connectivity index (χ4n) is 2.08. The number of fused-ring (bicyclic) bond motifs is 1. The van der Waals surface area contributed by atoms with Crippen LogP contribution in [0.15, 0.2) is 30.6 Å². The Morgan fingerprint density at radius 1 is 1.53 bits per heavy atom. The topological polar surface area (TPSA) is 46.4 Å². The van der Waals surface area contributed by atoms with E-state index in [-0.39, 0.29) is 5.91 Å². The first-order valence-corrected chi connectivity index (χ1v) is 6.77. The van der Waals surface area contributed by atoms with Gasteiger partial charge in [-0.3, -0.25) is 4.79 Å². The van der Waals surface area contributed by atoms with Gasteiger partial charge in [0.25, 0.3) is 0 Å². The minimum atomic E-state index is -0.935. The predicted molar refractivity (Wildman–Crippen MR) is 74.2 cm³/mol. The summed E-state index contributed by atoms with van der Waals surface area (Å²) in [6.07, 6.45) is 4.29. The molecule has 1 aliphatic carbocycles. The van der Waals surface area contributed by atoms with Crippen LogP contribution in [0.5, 0.6) is 0 Å². The molecule has 2 aromatic rings. The molecule has 1 N–H and O–H groups in total. The van der Waals surface area contributed by atoms with Crippen molar-refractivity contribution in [2.75, 3.05) is 0 Å². The first-order chi connectivity index (χ1) is 8.92. The summed E-state index contributed by atoms with van der Waals surface area (Å²) in [7, 11) is 0. The first kappa shape index (κ1) is 12.8. The number of carbonyl (C=O) groups excluding carboxylic acids is 1. The van der Waals surface area contributed by atoms with E-state index in [1.165, 1.54) is 0 Å². The zero-order valence-electron chi connectivity index (χ0n) is 10.4. The largest absolute Gasteiger partial charge is 0.350 e. The van der Waals surface area contributed by atoms with Gasteiger partial charge < -0.3 is 9.72 Å². The third-order valence-corrected chi connectivity index (χ3v) is 4.70. The summed E-state index contributed by atoms with van der Waals surface area (Å²) in [6.45, 7) is 2.14. The molecule has 0 bridgehead atoms. The molecular weight excluding hydrogens is 285 g/mol. The molecular formula is C13H13Cl2N3O. The maximum atomic E-state index is 12.0. The molecule has 0 saturated heterocycles. The number of aromatic nitrogens is 2. The lowest BCUT2D eigenvalue weighted by Crippen LogP contribution is -2.32. The highest BCUT2D eigenvalue weighted by molar-refractivity contribution is 6.53. The molecule has 3 rings (SSSR count). The maximum Gasteiger partial charge on any atom is 0.229 e. The Labute approximate surface area is 120 Å². The van der Waals surface area contributed by atoms with Gasteiger partial charge in [0.15, 0.2) is 0 Å². The molecule has 1 fully saturated rings. The molecule has 2 aromatic heterocycles. The molecule has 0 radical (unpaired) electrons. The van der Waals surface area contributed by atoms with Gasteiger partial charge in [-0.15, -0.1) is 23.2 Å². The third kappa shape index (κ3) is 2.09. The van der Waals surface area contributed by atoms with Gasteiger partial charge in [0, 0.05) is 12.4 Å². The second-order valence-corrected chi connectivity index (χ2v) is 6.58. The van der Waals surface area contributed by atoms with E-state index in [0.29, 0.717) is 13.0 Å². The number of hydrogen-bond acceptors (Lipinski definition) is 2. The van der Waals surface area contributed by atoms with E-state index < -0.39 is 9.75 Å². The number of alkyl halides is 2. The number of nitrogens with zero attached hydrogens (tertiary/aromatic N) is 2. The van der Waals surface area contributed by atoms with Gasteiger partial charge in [0.2, 0.25) is 5.91 Å². The van der Waals surface area contributed by atoms with Crippen LogP contribution in [0.2, 0.25) is 0 Å². The van der Waals surface area contributed by atoms with Gasteiger partial charge in [-0.05, 0) is 25.5 Å². The van der Waals surface area contributed by atoms with Crippen molar-refractivity contribution in [3.05, 3.63) is 36.3 Å². The van der Waals surface area contributed by atoms with Gasteiger partial charge in [0.05, 0.1) is 17.7 Å². The van der Waals surface area contributed by atoms with Gasteiger partial charge >= 0.3 is 0 Å². The highest BCUT2D eigenvalue weighted by Crippen LogP contribution is 2.63. The molecule has 0 aromatic carbocycles. The van der Waals surface area contributed by atoms with Crippen molar-refractivity contribution >= 4 is 34.8 Å². The average Bonchev–Trinajstić information content (AvgIpc) is 2.75. The van der Waals surface area contributed by atoms with Crippen molar-refractivity contribution in [3.63, 3.8) is 0 Å². The summed E-state index contributed by atoms with van der Waals surface area (Å²) in [4.78, 5) is 16.4. The van der Waals surface area contributed by atoms with Gasteiger partial charge in [-0.2, -0.15) is 0 Å². The Morgan fingerprint density at radius 3 is 2.89 bits per heavy atom. The average molecular weight is 298 g/mol. The minimum Gasteiger partial charge on any atom is -0.350 e. The van der Waals surface area contributed by atoms with Crippen molar-refractivity contribution in [1.29, 1.82) is 0 Å². The van der Waals surface area contributed by atoms with Crippen LogP contribution >= 0.6 is 23.2 Å². The SMILES string of the molecule is C[C@]1(C(=O)NCc2cn3ccccc3n2)CC1(Cl)Cl. The summed E-state index contributed by atoms with van der Waals surface area (Å²) in [5.74, 6) is -0.130. The highest BCUT2D eigenvalue weighted by atomic mass is 35.5. The number of imidazole rings is 1. The lowest BCUT2D eigenvalue weighted by atomic mass is 10.1.